The molecule has 0 saturated heterocycles. The van der Waals surface area contributed by atoms with Gasteiger partial charge in [-0.25, -0.2) is 4.39 Å². The second kappa shape index (κ2) is 7.10. The lowest BCUT2D eigenvalue weighted by Gasteiger charge is -2.18. The first-order valence-electron chi connectivity index (χ1n) is 6.13. The number of thiophene rings is 1. The van der Waals surface area contributed by atoms with Crippen LogP contribution in [-0.4, -0.2) is 6.54 Å². The van der Waals surface area contributed by atoms with Crippen LogP contribution in [-0.2, 0) is 6.42 Å². The van der Waals surface area contributed by atoms with E-state index in [4.69, 9.17) is 34.8 Å². The van der Waals surface area contributed by atoms with E-state index in [1.54, 1.807) is 12.1 Å². The summed E-state index contributed by atoms with van der Waals surface area (Å²) in [7, 11) is 0. The molecule has 1 aromatic heterocycles. The summed E-state index contributed by atoms with van der Waals surface area (Å²) in [6.45, 7) is 2.75. The predicted molar refractivity (Wildman–Crippen MR) is 85.9 cm³/mol. The molecule has 0 aliphatic heterocycles. The van der Waals surface area contributed by atoms with Gasteiger partial charge in [0.05, 0.1) is 8.67 Å². The Labute approximate surface area is 136 Å². The summed E-state index contributed by atoms with van der Waals surface area (Å²) in [4.78, 5) is 0. The third-order valence-corrected chi connectivity index (χ3v) is 4.70. The average molecular weight is 353 g/mol. The largest absolute Gasteiger partial charge is 0.310 e. The van der Waals surface area contributed by atoms with Gasteiger partial charge in [-0.05, 0) is 36.7 Å². The smallest absolute Gasteiger partial charge is 0.127 e. The second-order valence-corrected chi connectivity index (χ2v) is 7.05. The molecule has 6 heteroatoms. The van der Waals surface area contributed by atoms with E-state index in [2.05, 4.69) is 5.32 Å². The van der Waals surface area contributed by atoms with Crippen LogP contribution in [0.4, 0.5) is 4.39 Å². The van der Waals surface area contributed by atoms with Gasteiger partial charge >= 0.3 is 0 Å². The van der Waals surface area contributed by atoms with E-state index in [0.29, 0.717) is 25.7 Å². The van der Waals surface area contributed by atoms with Crippen molar-refractivity contribution in [1.82, 2.24) is 5.32 Å². The number of nitrogens with one attached hydrogen (secondary N) is 1. The lowest BCUT2D eigenvalue weighted by molar-refractivity contribution is 0.529. The molecule has 20 heavy (non-hydrogen) atoms. The van der Waals surface area contributed by atoms with Crippen LogP contribution in [0.1, 0.15) is 24.1 Å². The van der Waals surface area contributed by atoms with Gasteiger partial charge in [-0.2, -0.15) is 0 Å². The Balaban J connectivity index is 2.27. The number of hydrogen-bond donors (Lipinski definition) is 1. The minimum Gasteiger partial charge on any atom is -0.310 e. The van der Waals surface area contributed by atoms with E-state index in [0.717, 1.165) is 12.1 Å². The highest BCUT2D eigenvalue weighted by Gasteiger charge is 2.19. The van der Waals surface area contributed by atoms with Crippen molar-refractivity contribution in [2.24, 2.45) is 0 Å². The fraction of sp³-hybridized carbons (Fsp3) is 0.286. The molecule has 0 bridgehead atoms. The third-order valence-electron chi connectivity index (χ3n) is 2.95. The molecule has 1 N–H and O–H groups in total. The Morgan fingerprint density at radius 1 is 1.25 bits per heavy atom. The third kappa shape index (κ3) is 3.86. The summed E-state index contributed by atoms with van der Waals surface area (Å²) in [5, 5.41) is 3.70. The fourth-order valence-corrected chi connectivity index (χ4v) is 3.77. The Morgan fingerprint density at radius 2 is 2.00 bits per heavy atom. The Kier molecular flexibility index (Phi) is 5.70. The SMILES string of the molecule is CCNC(Cc1ccc(Cl)cc1F)c1cc(Cl)sc1Cl. The first kappa shape index (κ1) is 16.1. The van der Waals surface area contributed by atoms with Crippen LogP contribution in [0.2, 0.25) is 13.7 Å². The van der Waals surface area contributed by atoms with Gasteiger partial charge in [0.1, 0.15) is 5.82 Å². The zero-order chi connectivity index (χ0) is 14.7. The quantitative estimate of drug-likeness (QED) is 0.723. The summed E-state index contributed by atoms with van der Waals surface area (Å²) in [5.74, 6) is -0.308. The Morgan fingerprint density at radius 3 is 2.55 bits per heavy atom. The molecule has 1 nitrogen and oxygen atoms in total. The number of halogens is 4. The van der Waals surface area contributed by atoms with Crippen molar-refractivity contribution in [1.29, 1.82) is 0 Å². The zero-order valence-corrected chi connectivity index (χ0v) is 13.8. The van der Waals surface area contributed by atoms with E-state index < -0.39 is 0 Å². The average Bonchev–Trinajstić information content (AvgIpc) is 2.71. The monoisotopic (exact) mass is 351 g/mol. The van der Waals surface area contributed by atoms with Crippen molar-refractivity contribution < 1.29 is 4.39 Å². The minimum atomic E-state index is -0.308. The van der Waals surface area contributed by atoms with Crippen LogP contribution in [0.15, 0.2) is 24.3 Å². The highest BCUT2D eigenvalue weighted by molar-refractivity contribution is 7.20. The number of rotatable bonds is 5. The van der Waals surface area contributed by atoms with Gasteiger partial charge in [-0.15, -0.1) is 11.3 Å². The van der Waals surface area contributed by atoms with E-state index in [1.165, 1.54) is 17.4 Å². The van der Waals surface area contributed by atoms with Crippen LogP contribution in [0.3, 0.4) is 0 Å². The molecule has 1 atom stereocenters. The molecule has 2 aromatic rings. The van der Waals surface area contributed by atoms with Gasteiger partial charge < -0.3 is 5.32 Å². The van der Waals surface area contributed by atoms with E-state index >= 15 is 0 Å². The van der Waals surface area contributed by atoms with Gasteiger partial charge in [0.15, 0.2) is 0 Å². The lowest BCUT2D eigenvalue weighted by Crippen LogP contribution is -2.23. The molecule has 0 saturated carbocycles. The van der Waals surface area contributed by atoms with Crippen molar-refractivity contribution in [3.05, 3.63) is 54.9 Å². The summed E-state index contributed by atoms with van der Waals surface area (Å²) < 4.78 is 15.2. The minimum absolute atomic E-state index is 0.0769. The number of hydrogen-bond acceptors (Lipinski definition) is 2. The van der Waals surface area contributed by atoms with E-state index in [1.807, 2.05) is 13.0 Å². The summed E-state index contributed by atoms with van der Waals surface area (Å²) >= 11 is 19.3. The first-order valence-corrected chi connectivity index (χ1v) is 8.08. The molecule has 0 aliphatic carbocycles. The fourth-order valence-electron chi connectivity index (χ4n) is 2.04. The number of likely N-dealkylation sites (N-methyl/N-ethyl adjacent to an activating group) is 1. The molecule has 1 heterocycles. The topological polar surface area (TPSA) is 12.0 Å². The van der Waals surface area contributed by atoms with Crippen LogP contribution >= 0.6 is 46.1 Å². The van der Waals surface area contributed by atoms with Crippen molar-refractivity contribution in [3.63, 3.8) is 0 Å². The Bertz CT molecular complexity index is 600. The van der Waals surface area contributed by atoms with Gasteiger partial charge in [0, 0.05) is 16.6 Å². The molecule has 0 radical (unpaired) electrons. The van der Waals surface area contributed by atoms with Gasteiger partial charge in [0.25, 0.3) is 0 Å². The molecule has 0 spiro atoms. The molecule has 0 amide bonds. The summed E-state index contributed by atoms with van der Waals surface area (Å²) in [5.41, 5.74) is 1.50. The van der Waals surface area contributed by atoms with Crippen molar-refractivity contribution in [3.8, 4) is 0 Å². The lowest BCUT2D eigenvalue weighted by atomic mass is 10.0. The first-order chi connectivity index (χ1) is 9.51. The highest BCUT2D eigenvalue weighted by atomic mass is 35.5. The van der Waals surface area contributed by atoms with E-state index in [9.17, 15) is 4.39 Å². The summed E-state index contributed by atoms with van der Waals surface area (Å²) in [6, 6.07) is 6.46. The van der Waals surface area contributed by atoms with Crippen LogP contribution in [0.25, 0.3) is 0 Å². The van der Waals surface area contributed by atoms with Crippen molar-refractivity contribution >= 4 is 46.1 Å². The van der Waals surface area contributed by atoms with Crippen molar-refractivity contribution in [2.75, 3.05) is 6.54 Å². The molecular formula is C14H13Cl3FNS. The van der Waals surface area contributed by atoms with Crippen LogP contribution in [0, 0.1) is 5.82 Å². The maximum atomic E-state index is 13.9. The van der Waals surface area contributed by atoms with Crippen LogP contribution < -0.4 is 5.32 Å². The zero-order valence-electron chi connectivity index (χ0n) is 10.7. The molecule has 108 valence electrons. The molecule has 0 aliphatic rings. The van der Waals surface area contributed by atoms with Gasteiger partial charge in [0.2, 0.25) is 0 Å². The van der Waals surface area contributed by atoms with Crippen molar-refractivity contribution in [2.45, 2.75) is 19.4 Å². The summed E-state index contributed by atoms with van der Waals surface area (Å²) in [6.07, 6.45) is 0.490. The predicted octanol–water partition coefficient (Wildman–Crippen LogP) is 5.74. The molecular weight excluding hydrogens is 340 g/mol. The second-order valence-electron chi connectivity index (χ2n) is 4.33. The maximum Gasteiger partial charge on any atom is 0.127 e. The van der Waals surface area contributed by atoms with Crippen LogP contribution in [0.5, 0.6) is 0 Å². The molecule has 1 aromatic carbocycles. The normalized spacial score (nSPS) is 12.7. The maximum absolute atomic E-state index is 13.9. The van der Waals surface area contributed by atoms with E-state index in [-0.39, 0.29) is 11.9 Å². The van der Waals surface area contributed by atoms with Gasteiger partial charge in [-0.3, -0.25) is 0 Å². The number of benzene rings is 1. The highest BCUT2D eigenvalue weighted by Crippen LogP contribution is 2.36. The molecule has 1 unspecified atom stereocenters. The molecule has 2 rings (SSSR count). The standard InChI is InChI=1S/C14H13Cl3FNS/c1-2-19-12(10-7-13(16)20-14(10)17)5-8-3-4-9(15)6-11(8)18/h3-4,6-7,12,19H,2,5H2,1H3. The van der Waals surface area contributed by atoms with Gasteiger partial charge in [-0.1, -0.05) is 47.8 Å². The Hall–Kier alpha value is -0.320. The molecule has 0 fully saturated rings.